The van der Waals surface area contributed by atoms with Crippen LogP contribution in [0.4, 0.5) is 5.69 Å². The number of aromatic carboxylic acids is 1. The minimum Gasteiger partial charge on any atom is -0.744 e. The molecule has 0 fully saturated rings. The third kappa shape index (κ3) is 7.49. The molecular weight excluding hydrogens is 743 g/mol. The van der Waals surface area contributed by atoms with Gasteiger partial charge in [-0.2, -0.15) is 5.90 Å². The number of nitrogens with one attached hydrogen (secondary N) is 3. The molecule has 1 heterocycles. The number of rotatable bonds is 11. The van der Waals surface area contributed by atoms with Crippen molar-refractivity contribution in [2.45, 2.75) is 16.2 Å². The second-order valence-electron chi connectivity index (χ2n) is 11.1. The lowest BCUT2D eigenvalue weighted by atomic mass is 9.89. The summed E-state index contributed by atoms with van der Waals surface area (Å²) < 4.78 is 79.1. The first-order valence-electron chi connectivity index (χ1n) is 14.8. The van der Waals surface area contributed by atoms with Crippen molar-refractivity contribution < 1.29 is 64.6 Å². The van der Waals surface area contributed by atoms with Gasteiger partial charge in [-0.15, -0.1) is 0 Å². The molecule has 0 spiro atoms. The quantitative estimate of drug-likeness (QED) is 0.0325. The van der Waals surface area contributed by atoms with Crippen LogP contribution in [-0.2, 0) is 25.1 Å². The molecule has 19 nitrogen and oxygen atoms in total. The lowest BCUT2D eigenvalue weighted by molar-refractivity contribution is 0.0499. The van der Waals surface area contributed by atoms with Crippen LogP contribution in [0.15, 0.2) is 74.9 Å². The van der Waals surface area contributed by atoms with Crippen molar-refractivity contribution in [3.8, 4) is 28.2 Å². The van der Waals surface area contributed by atoms with Gasteiger partial charge in [0.15, 0.2) is 11.3 Å². The van der Waals surface area contributed by atoms with Crippen LogP contribution >= 0.6 is 0 Å². The largest absolute Gasteiger partial charge is 0.744 e. The van der Waals surface area contributed by atoms with E-state index in [9.17, 15) is 55.3 Å². The summed E-state index contributed by atoms with van der Waals surface area (Å²) in [5, 5.41) is 32.2. The van der Waals surface area contributed by atoms with Crippen LogP contribution in [0, 0.1) is 5.41 Å². The van der Waals surface area contributed by atoms with Gasteiger partial charge >= 0.3 is 11.9 Å². The Labute approximate surface area is 298 Å². The van der Waals surface area contributed by atoms with E-state index >= 15 is 0 Å². The van der Waals surface area contributed by atoms with Crippen LogP contribution in [0.5, 0.6) is 5.75 Å². The Balaban J connectivity index is 1.46. The molecule has 3 aromatic rings. The van der Waals surface area contributed by atoms with Crippen LogP contribution in [0.1, 0.15) is 47.9 Å². The van der Waals surface area contributed by atoms with Crippen molar-refractivity contribution in [3.05, 3.63) is 88.3 Å². The number of nitrogens with two attached hydrogens (primary N) is 2. The van der Waals surface area contributed by atoms with E-state index < -0.39 is 87.5 Å². The van der Waals surface area contributed by atoms with Gasteiger partial charge in [-0.25, -0.2) is 26.4 Å². The van der Waals surface area contributed by atoms with Crippen molar-refractivity contribution >= 4 is 60.6 Å². The van der Waals surface area contributed by atoms with Crippen molar-refractivity contribution in [1.82, 2.24) is 10.6 Å². The zero-order valence-electron chi connectivity index (χ0n) is 26.7. The van der Waals surface area contributed by atoms with E-state index in [1.54, 1.807) is 0 Å². The highest BCUT2D eigenvalue weighted by molar-refractivity contribution is 7.86. The molecule has 9 N–H and O–H groups in total. The van der Waals surface area contributed by atoms with E-state index in [1.165, 1.54) is 18.2 Å². The number of carboxylic acids is 1. The summed E-state index contributed by atoms with van der Waals surface area (Å²) >= 11 is 0. The molecule has 0 bridgehead atoms. The minimum atomic E-state index is -5.48. The molecule has 0 saturated heterocycles. The van der Waals surface area contributed by atoms with Gasteiger partial charge in [-0.3, -0.25) is 15.0 Å². The molecule has 0 saturated carbocycles. The summed E-state index contributed by atoms with van der Waals surface area (Å²) in [4.78, 5) is 51.2. The Hall–Kier alpha value is -6.39. The topological polar surface area (TPSA) is 345 Å². The van der Waals surface area contributed by atoms with Crippen LogP contribution in [0.3, 0.4) is 0 Å². The maximum atomic E-state index is 13.0. The Bertz CT molecular complexity index is 2620. The number of hydrogen-bond donors (Lipinski definition) is 7. The van der Waals surface area contributed by atoms with Gasteiger partial charge in [-0.05, 0) is 66.6 Å². The van der Waals surface area contributed by atoms with E-state index in [2.05, 4.69) is 15.5 Å². The number of phenols is 1. The smallest absolute Gasteiger partial charge is 0.360 e. The fourth-order valence-electron chi connectivity index (χ4n) is 5.47. The number of benzene rings is 4. The lowest BCUT2D eigenvalue weighted by Gasteiger charge is -2.22. The second-order valence-corrected chi connectivity index (χ2v) is 13.8. The Morgan fingerprint density at radius 3 is 1.96 bits per heavy atom. The van der Waals surface area contributed by atoms with E-state index in [0.717, 1.165) is 42.5 Å². The first kappa shape index (κ1) is 37.9. The Morgan fingerprint density at radius 1 is 0.811 bits per heavy atom. The van der Waals surface area contributed by atoms with Gasteiger partial charge in [0, 0.05) is 40.7 Å². The van der Waals surface area contributed by atoms with Crippen molar-refractivity contribution in [2.75, 3.05) is 18.8 Å². The van der Waals surface area contributed by atoms with Crippen LogP contribution in [0.25, 0.3) is 33.4 Å². The molecule has 5 rings (SSSR count). The number of nitrogen functional groups attached to an aromatic ring is 1. The molecule has 276 valence electrons. The van der Waals surface area contributed by atoms with Crippen LogP contribution < -0.4 is 27.6 Å². The monoisotopic (exact) mass is 767 g/mol. The second kappa shape index (κ2) is 14.3. The van der Waals surface area contributed by atoms with E-state index in [1.807, 2.05) is 0 Å². The van der Waals surface area contributed by atoms with E-state index in [0.29, 0.717) is 0 Å². The molecule has 21 heteroatoms. The third-order valence-corrected chi connectivity index (χ3v) is 9.62. The molecule has 0 aromatic heterocycles. The average molecular weight is 768 g/mol. The number of anilines is 1. The third-order valence-electron chi connectivity index (χ3n) is 7.79. The average Bonchev–Trinajstić information content (AvgIpc) is 3.08. The molecule has 0 atom stereocenters. The number of phenolic OH excluding ortho intramolecular Hbond substituents is 1. The normalized spacial score (nSPS) is 11.7. The van der Waals surface area contributed by atoms with E-state index in [-0.39, 0.29) is 58.3 Å². The number of hydrogen-bond acceptors (Lipinski definition) is 16. The highest BCUT2D eigenvalue weighted by Gasteiger charge is 2.29. The van der Waals surface area contributed by atoms with Gasteiger partial charge in [0.2, 0.25) is 0 Å². The molecule has 2 amide bonds. The summed E-state index contributed by atoms with van der Waals surface area (Å²) in [5.41, 5.74) is 2.67. The summed E-state index contributed by atoms with van der Waals surface area (Å²) in [6, 6.07) is 11.0. The molecule has 1 aliphatic heterocycles. The summed E-state index contributed by atoms with van der Waals surface area (Å²) in [6.07, 6.45) is 0.188. The zero-order valence-corrected chi connectivity index (χ0v) is 28.3. The van der Waals surface area contributed by atoms with Crippen LogP contribution in [0.2, 0.25) is 0 Å². The zero-order chi connectivity index (χ0) is 39.0. The summed E-state index contributed by atoms with van der Waals surface area (Å²) in [7, 11) is -10.9. The minimum absolute atomic E-state index is 0.00870. The first-order chi connectivity index (χ1) is 24.8. The van der Waals surface area contributed by atoms with E-state index in [4.69, 9.17) is 21.5 Å². The highest BCUT2D eigenvalue weighted by Crippen LogP contribution is 2.45. The number of carbonyl (C=O) groups excluding carboxylic acids is 3. The predicted octanol–water partition coefficient (Wildman–Crippen LogP) is 1.06. The van der Waals surface area contributed by atoms with Gasteiger partial charge in [0.1, 0.15) is 41.3 Å². The van der Waals surface area contributed by atoms with Gasteiger partial charge in [0.05, 0.1) is 16.6 Å². The SMILES string of the molecule is N=c1ccc2c(-c3ccc(C(=O)NCCCNC(=O)c4ccc(C(=O)ON)c(O)c4)cc3C(=O)O)c3ccc(N)c(S(=O)(=O)[O-])c3oc-2c1S(=O)(=O)[O-]. The van der Waals surface area contributed by atoms with Crippen molar-refractivity contribution in [1.29, 1.82) is 5.41 Å². The predicted molar refractivity (Wildman–Crippen MR) is 178 cm³/mol. The number of fused-ring (bicyclic) bond motifs is 2. The number of carboxylic acid groups (broad SMARTS) is 1. The molecule has 2 aliphatic rings. The highest BCUT2D eigenvalue weighted by atomic mass is 32.2. The van der Waals surface area contributed by atoms with Gasteiger partial charge in [-0.1, -0.05) is 6.07 Å². The summed E-state index contributed by atoms with van der Waals surface area (Å²) in [5.74, 6) is -0.566. The molecule has 53 heavy (non-hydrogen) atoms. The van der Waals surface area contributed by atoms with Crippen LogP contribution in [-0.4, -0.2) is 73.0 Å². The number of carbonyl (C=O) groups is 4. The fourth-order valence-corrected chi connectivity index (χ4v) is 6.92. The first-order valence-corrected chi connectivity index (χ1v) is 17.6. The van der Waals surface area contributed by atoms with Gasteiger partial charge < -0.3 is 44.9 Å². The Kier molecular flexibility index (Phi) is 10.2. The molecule has 1 aliphatic carbocycles. The summed E-state index contributed by atoms with van der Waals surface area (Å²) in [6.45, 7) is 0.0265. The molecular formula is C32H25N5O14S2-2. The van der Waals surface area contributed by atoms with Crippen molar-refractivity contribution in [3.63, 3.8) is 0 Å². The maximum Gasteiger partial charge on any atom is 0.360 e. The number of amides is 2. The number of aromatic hydroxyl groups is 1. The molecule has 0 radical (unpaired) electrons. The molecule has 0 unspecified atom stereocenters. The molecule has 3 aromatic carbocycles. The maximum absolute atomic E-state index is 13.0. The lowest BCUT2D eigenvalue weighted by Crippen LogP contribution is -2.30. The van der Waals surface area contributed by atoms with Crippen molar-refractivity contribution in [2.24, 2.45) is 5.90 Å². The van der Waals surface area contributed by atoms with Gasteiger partial charge in [0.25, 0.3) is 11.8 Å². The fraction of sp³-hybridized carbons (Fsp3) is 0.0938. The standard InChI is InChI=1S/C32H27N5O14S2/c33-21-8-6-18-24(19-7-9-22(34)28(53(47,48)49)26(19)50-25(18)27(21)52(44,45)46)16-4-2-14(12-20(16)31(41)42)29(39)36-10-1-11-37-30(40)15-3-5-17(23(38)13-15)32(43)51-35/h2-9,12-13,33,38H,1,10-11,34-35H2,(H,36,39)(H,37,40)(H,41,42)(H,44,45,46)(H,47,48,49)/p-2. The Morgan fingerprint density at radius 2 is 1.40 bits per heavy atom.